The number of carbonyl (C=O) groups is 1. The topological polar surface area (TPSA) is 98.3 Å². The SMILES string of the molecule is CC(C)(NC(=O)c1cc2[nH]c3ccccc3c(=O)c2cc1F)c1ccc(N2CCC(O)CC2)nc1. The summed E-state index contributed by atoms with van der Waals surface area (Å²) in [7, 11) is 0. The minimum atomic E-state index is -0.821. The summed E-state index contributed by atoms with van der Waals surface area (Å²) >= 11 is 0. The van der Waals surface area contributed by atoms with Crippen molar-refractivity contribution in [3.63, 3.8) is 0 Å². The molecule has 2 aromatic carbocycles. The maximum Gasteiger partial charge on any atom is 0.255 e. The third-order valence-corrected chi connectivity index (χ3v) is 6.72. The smallest absolute Gasteiger partial charge is 0.255 e. The molecule has 0 atom stereocenters. The Morgan fingerprint density at radius 2 is 1.86 bits per heavy atom. The number of fused-ring (bicyclic) bond motifs is 2. The van der Waals surface area contributed by atoms with Crippen LogP contribution in [-0.2, 0) is 5.54 Å². The summed E-state index contributed by atoms with van der Waals surface area (Å²) in [6.45, 7) is 5.14. The number of para-hydroxylation sites is 1. The molecular weight excluding hydrogens is 447 g/mol. The molecule has 0 spiro atoms. The predicted octanol–water partition coefficient (Wildman–Crippen LogP) is 3.84. The second kappa shape index (κ2) is 8.78. The molecule has 0 aliphatic carbocycles. The number of nitrogens with zero attached hydrogens (tertiary/aromatic N) is 2. The molecule has 3 heterocycles. The number of benzene rings is 2. The minimum absolute atomic E-state index is 0.145. The molecule has 180 valence electrons. The zero-order chi connectivity index (χ0) is 24.7. The zero-order valence-corrected chi connectivity index (χ0v) is 19.6. The van der Waals surface area contributed by atoms with Crippen molar-refractivity contribution in [3.05, 3.63) is 81.9 Å². The van der Waals surface area contributed by atoms with E-state index in [9.17, 15) is 19.1 Å². The summed E-state index contributed by atoms with van der Waals surface area (Å²) in [5.74, 6) is -0.524. The standard InChI is InChI=1S/C27H27FN4O3/c1-27(2,16-7-8-24(29-15-16)32-11-9-17(33)10-12-32)31-26(35)19-14-23-20(13-21(19)28)25(34)18-5-3-4-6-22(18)30-23/h3-8,13-15,17,33H,9-12H2,1-2H3,(H,30,34)(H,31,35). The van der Waals surface area contributed by atoms with Gasteiger partial charge in [-0.1, -0.05) is 18.2 Å². The first-order chi connectivity index (χ1) is 16.7. The van der Waals surface area contributed by atoms with E-state index in [4.69, 9.17) is 0 Å². The minimum Gasteiger partial charge on any atom is -0.393 e. The molecule has 1 aliphatic rings. The van der Waals surface area contributed by atoms with Gasteiger partial charge in [-0.15, -0.1) is 0 Å². The van der Waals surface area contributed by atoms with E-state index in [0.717, 1.165) is 30.5 Å². The summed E-state index contributed by atoms with van der Waals surface area (Å²) < 4.78 is 15.0. The summed E-state index contributed by atoms with van der Waals surface area (Å²) in [4.78, 5) is 35.7. The normalized spacial score (nSPS) is 15.0. The quantitative estimate of drug-likeness (QED) is 0.391. The highest BCUT2D eigenvalue weighted by Gasteiger charge is 2.27. The average Bonchev–Trinajstić information content (AvgIpc) is 2.85. The Kier molecular flexibility index (Phi) is 5.76. The third kappa shape index (κ3) is 4.37. The average molecular weight is 475 g/mol. The molecule has 1 amide bonds. The number of hydrogen-bond donors (Lipinski definition) is 3. The number of halogens is 1. The van der Waals surface area contributed by atoms with Crippen molar-refractivity contribution in [2.75, 3.05) is 18.0 Å². The van der Waals surface area contributed by atoms with E-state index in [-0.39, 0.29) is 22.5 Å². The van der Waals surface area contributed by atoms with Crippen LogP contribution in [0.4, 0.5) is 10.2 Å². The number of H-pyrrole nitrogens is 1. The fraction of sp³-hybridized carbons (Fsp3) is 0.296. The van der Waals surface area contributed by atoms with Gasteiger partial charge >= 0.3 is 0 Å². The molecular formula is C27H27FN4O3. The first kappa shape index (κ1) is 23.0. The second-order valence-corrected chi connectivity index (χ2v) is 9.58. The van der Waals surface area contributed by atoms with Gasteiger partial charge in [-0.25, -0.2) is 9.37 Å². The number of anilines is 1. The molecule has 0 saturated carbocycles. The van der Waals surface area contributed by atoms with Gasteiger partial charge in [0, 0.05) is 35.6 Å². The fourth-order valence-electron chi connectivity index (χ4n) is 4.58. The Balaban J connectivity index is 1.40. The van der Waals surface area contributed by atoms with Crippen molar-refractivity contribution < 1.29 is 14.3 Å². The fourth-order valence-corrected chi connectivity index (χ4v) is 4.58. The van der Waals surface area contributed by atoms with Crippen molar-refractivity contribution in [3.8, 4) is 0 Å². The van der Waals surface area contributed by atoms with Crippen LogP contribution in [0, 0.1) is 5.82 Å². The molecule has 1 aliphatic heterocycles. The van der Waals surface area contributed by atoms with Gasteiger partial charge < -0.3 is 20.3 Å². The number of aliphatic hydroxyl groups excluding tert-OH is 1. The first-order valence-corrected chi connectivity index (χ1v) is 11.7. The molecule has 8 heteroatoms. The monoisotopic (exact) mass is 474 g/mol. The Bertz CT molecular complexity index is 1470. The number of carbonyl (C=O) groups excluding carboxylic acids is 1. The van der Waals surface area contributed by atoms with Gasteiger partial charge in [-0.3, -0.25) is 9.59 Å². The lowest BCUT2D eigenvalue weighted by Crippen LogP contribution is -2.41. The third-order valence-electron chi connectivity index (χ3n) is 6.72. The Hall–Kier alpha value is -3.78. The number of aromatic amines is 1. The zero-order valence-electron chi connectivity index (χ0n) is 19.6. The number of hydrogen-bond acceptors (Lipinski definition) is 5. The van der Waals surface area contributed by atoms with Gasteiger partial charge in [0.05, 0.1) is 22.7 Å². The summed E-state index contributed by atoms with van der Waals surface area (Å²) in [5, 5.41) is 13.3. The molecule has 1 saturated heterocycles. The molecule has 0 radical (unpaired) electrons. The maximum absolute atomic E-state index is 15.0. The summed E-state index contributed by atoms with van der Waals surface area (Å²) in [6, 6.07) is 13.3. The van der Waals surface area contributed by atoms with Crippen LogP contribution in [0.5, 0.6) is 0 Å². The highest BCUT2D eigenvalue weighted by molar-refractivity contribution is 6.00. The van der Waals surface area contributed by atoms with Crippen LogP contribution in [0.25, 0.3) is 21.8 Å². The van der Waals surface area contributed by atoms with Crippen molar-refractivity contribution >= 4 is 33.5 Å². The number of rotatable bonds is 4. The first-order valence-electron chi connectivity index (χ1n) is 11.7. The maximum atomic E-state index is 15.0. The van der Waals surface area contributed by atoms with Gasteiger partial charge in [0.15, 0.2) is 5.43 Å². The van der Waals surface area contributed by atoms with E-state index in [1.807, 2.05) is 26.0 Å². The highest BCUT2D eigenvalue weighted by atomic mass is 19.1. The molecule has 5 rings (SSSR count). The number of pyridine rings is 2. The molecule has 2 aromatic heterocycles. The van der Waals surface area contributed by atoms with E-state index in [2.05, 4.69) is 20.2 Å². The Labute approximate surface area is 201 Å². The Morgan fingerprint density at radius 1 is 1.11 bits per heavy atom. The summed E-state index contributed by atoms with van der Waals surface area (Å²) in [5.41, 5.74) is 0.544. The van der Waals surface area contributed by atoms with Crippen molar-refractivity contribution in [2.24, 2.45) is 0 Å². The lowest BCUT2D eigenvalue weighted by Gasteiger charge is -2.31. The van der Waals surface area contributed by atoms with E-state index in [0.29, 0.717) is 29.3 Å². The predicted molar refractivity (Wildman–Crippen MR) is 134 cm³/mol. The number of aromatic nitrogens is 2. The van der Waals surface area contributed by atoms with Crippen molar-refractivity contribution in [1.29, 1.82) is 0 Å². The molecule has 4 aromatic rings. The number of amides is 1. The second-order valence-electron chi connectivity index (χ2n) is 9.58. The number of aliphatic hydroxyl groups is 1. The van der Waals surface area contributed by atoms with E-state index >= 15 is 0 Å². The molecule has 3 N–H and O–H groups in total. The van der Waals surface area contributed by atoms with Gasteiger partial charge in [0.25, 0.3) is 5.91 Å². The van der Waals surface area contributed by atoms with Crippen LogP contribution in [0.15, 0.2) is 59.5 Å². The van der Waals surface area contributed by atoms with Crippen LogP contribution < -0.4 is 15.6 Å². The lowest BCUT2D eigenvalue weighted by molar-refractivity contribution is 0.0908. The molecule has 0 bridgehead atoms. The molecule has 35 heavy (non-hydrogen) atoms. The van der Waals surface area contributed by atoms with Crippen molar-refractivity contribution in [1.82, 2.24) is 15.3 Å². The summed E-state index contributed by atoms with van der Waals surface area (Å²) in [6.07, 6.45) is 2.88. The molecule has 1 fully saturated rings. The Morgan fingerprint density at radius 3 is 2.57 bits per heavy atom. The van der Waals surface area contributed by atoms with Gasteiger partial charge in [0.2, 0.25) is 0 Å². The van der Waals surface area contributed by atoms with Crippen LogP contribution in [-0.4, -0.2) is 40.2 Å². The largest absolute Gasteiger partial charge is 0.393 e. The lowest BCUT2D eigenvalue weighted by atomic mass is 9.95. The van der Waals surface area contributed by atoms with Crippen LogP contribution >= 0.6 is 0 Å². The van der Waals surface area contributed by atoms with Crippen LogP contribution in [0.1, 0.15) is 42.6 Å². The number of nitrogens with one attached hydrogen (secondary N) is 2. The number of piperidine rings is 1. The molecule has 0 unspecified atom stereocenters. The highest BCUT2D eigenvalue weighted by Crippen LogP contribution is 2.25. The molecule has 7 nitrogen and oxygen atoms in total. The van der Waals surface area contributed by atoms with Crippen molar-refractivity contribution in [2.45, 2.75) is 38.3 Å². The van der Waals surface area contributed by atoms with E-state index in [1.54, 1.807) is 30.5 Å². The van der Waals surface area contributed by atoms with Gasteiger partial charge in [-0.2, -0.15) is 0 Å². The van der Waals surface area contributed by atoms with E-state index in [1.165, 1.54) is 6.07 Å². The van der Waals surface area contributed by atoms with Gasteiger partial charge in [-0.05, 0) is 62.6 Å². The van der Waals surface area contributed by atoms with Gasteiger partial charge in [0.1, 0.15) is 11.6 Å². The van der Waals surface area contributed by atoms with Crippen LogP contribution in [0.2, 0.25) is 0 Å². The van der Waals surface area contributed by atoms with E-state index < -0.39 is 17.3 Å². The van der Waals surface area contributed by atoms with Crippen LogP contribution in [0.3, 0.4) is 0 Å².